The van der Waals surface area contributed by atoms with Crippen LogP contribution in [0.4, 0.5) is 0 Å². The molecule has 0 aliphatic carbocycles. The second-order valence-electron chi connectivity index (χ2n) is 4.38. The van der Waals surface area contributed by atoms with Gasteiger partial charge in [-0.2, -0.15) is 0 Å². The molecule has 19 heavy (non-hydrogen) atoms. The molecule has 5 nitrogen and oxygen atoms in total. The van der Waals surface area contributed by atoms with Crippen LogP contribution in [0.25, 0.3) is 0 Å². The Bertz CT molecular complexity index is 280. The van der Waals surface area contributed by atoms with Crippen molar-refractivity contribution in [3.05, 3.63) is 12.2 Å². The molecule has 1 saturated heterocycles. The number of carboxylic acid groups (broad SMARTS) is 1. The molecule has 1 N–H and O–H groups in total. The highest BCUT2D eigenvalue weighted by molar-refractivity contribution is 5.78. The fourth-order valence-corrected chi connectivity index (χ4v) is 2.00. The van der Waals surface area contributed by atoms with E-state index < -0.39 is 0 Å². The number of unbranched alkanes of at least 4 members (excludes halogenated alkanes) is 1. The summed E-state index contributed by atoms with van der Waals surface area (Å²) in [6.07, 6.45) is 7.86. The fraction of sp³-hybridized carbons (Fsp3) is 0.714. The third kappa shape index (κ3) is 8.37. The zero-order valence-electron chi connectivity index (χ0n) is 12.0. The van der Waals surface area contributed by atoms with Crippen LogP contribution < -0.4 is 0 Å². The Morgan fingerprint density at radius 3 is 2.47 bits per heavy atom. The normalized spacial score (nSPS) is 16.3. The molecule has 0 radical (unpaired) electrons. The molecule has 5 heteroatoms. The van der Waals surface area contributed by atoms with Gasteiger partial charge in [0, 0.05) is 19.6 Å². The monoisotopic (exact) mass is 270 g/mol. The van der Waals surface area contributed by atoms with Gasteiger partial charge in [0.1, 0.15) is 0 Å². The second-order valence-corrected chi connectivity index (χ2v) is 4.38. The van der Waals surface area contributed by atoms with Gasteiger partial charge >= 0.3 is 0 Å². The minimum absolute atomic E-state index is 0.250. The van der Waals surface area contributed by atoms with Crippen LogP contribution in [0.1, 0.15) is 33.1 Å². The average molecular weight is 270 g/mol. The summed E-state index contributed by atoms with van der Waals surface area (Å²) in [7, 11) is 0. The molecule has 0 bridgehead atoms. The first kappa shape index (κ1) is 17.6. The van der Waals surface area contributed by atoms with E-state index in [2.05, 4.69) is 24.0 Å². The van der Waals surface area contributed by atoms with Crippen LogP contribution in [0.2, 0.25) is 0 Å². The summed E-state index contributed by atoms with van der Waals surface area (Å²) in [4.78, 5) is 24.2. The lowest BCUT2D eigenvalue weighted by atomic mass is 10.2. The largest absolute Gasteiger partial charge is 0.483 e. The first-order valence-electron chi connectivity index (χ1n) is 6.92. The predicted octanol–water partition coefficient (Wildman–Crippen LogP) is 1.60. The maximum atomic E-state index is 11.6. The maximum Gasteiger partial charge on any atom is 0.290 e. The number of amides is 1. The van der Waals surface area contributed by atoms with Gasteiger partial charge in [-0.15, -0.1) is 0 Å². The third-order valence-corrected chi connectivity index (χ3v) is 3.03. The Balaban J connectivity index is 0.000000982. The van der Waals surface area contributed by atoms with Gasteiger partial charge in [0.15, 0.2) is 0 Å². The van der Waals surface area contributed by atoms with E-state index in [4.69, 9.17) is 9.90 Å². The quantitative estimate of drug-likeness (QED) is 0.452. The molecule has 0 aromatic rings. The summed E-state index contributed by atoms with van der Waals surface area (Å²) in [6, 6.07) is 0. The van der Waals surface area contributed by atoms with Crippen LogP contribution in [-0.2, 0) is 9.59 Å². The Kier molecular flexibility index (Phi) is 10.9. The average Bonchev–Trinajstić information content (AvgIpc) is 2.40. The van der Waals surface area contributed by atoms with E-state index in [1.54, 1.807) is 0 Å². The summed E-state index contributed by atoms with van der Waals surface area (Å²) in [6.45, 7) is 8.41. The molecule has 0 saturated carbocycles. The Morgan fingerprint density at radius 1 is 1.26 bits per heavy atom. The van der Waals surface area contributed by atoms with Gasteiger partial charge < -0.3 is 10.0 Å². The van der Waals surface area contributed by atoms with Crippen LogP contribution >= 0.6 is 0 Å². The van der Waals surface area contributed by atoms with Crippen molar-refractivity contribution in [2.75, 3.05) is 32.7 Å². The molecule has 0 aromatic carbocycles. The highest BCUT2D eigenvalue weighted by Gasteiger charge is 2.21. The maximum absolute atomic E-state index is 11.6. The van der Waals surface area contributed by atoms with E-state index in [1.807, 2.05) is 11.8 Å². The lowest BCUT2D eigenvalue weighted by Crippen LogP contribution is -2.50. The van der Waals surface area contributed by atoms with Crippen molar-refractivity contribution in [3.8, 4) is 0 Å². The molecule has 0 aromatic heterocycles. The lowest BCUT2D eigenvalue weighted by Gasteiger charge is -2.33. The minimum Gasteiger partial charge on any atom is -0.483 e. The molecule has 0 unspecified atom stereocenters. The summed E-state index contributed by atoms with van der Waals surface area (Å²) < 4.78 is 0. The van der Waals surface area contributed by atoms with Gasteiger partial charge in [-0.1, -0.05) is 19.1 Å². The SMILES string of the molecule is CC/C=C\CCCN1CCN(CC)C(=O)C1.O=CO. The van der Waals surface area contributed by atoms with Crippen molar-refractivity contribution in [2.45, 2.75) is 33.1 Å². The van der Waals surface area contributed by atoms with Crippen molar-refractivity contribution in [1.29, 1.82) is 0 Å². The number of carbonyl (C=O) groups is 2. The van der Waals surface area contributed by atoms with Crippen molar-refractivity contribution in [2.24, 2.45) is 0 Å². The molecule has 1 aliphatic heterocycles. The summed E-state index contributed by atoms with van der Waals surface area (Å²) in [5.74, 6) is 0.290. The Hall–Kier alpha value is -1.36. The minimum atomic E-state index is -0.250. The van der Waals surface area contributed by atoms with Gasteiger partial charge in [0.05, 0.1) is 6.54 Å². The van der Waals surface area contributed by atoms with Gasteiger partial charge in [0.2, 0.25) is 5.91 Å². The summed E-state index contributed by atoms with van der Waals surface area (Å²) in [5.41, 5.74) is 0. The molecular formula is C14H26N2O3. The highest BCUT2D eigenvalue weighted by atomic mass is 16.3. The second kappa shape index (κ2) is 11.7. The number of allylic oxidation sites excluding steroid dienone is 2. The first-order valence-corrected chi connectivity index (χ1v) is 6.92. The fourth-order valence-electron chi connectivity index (χ4n) is 2.00. The zero-order chi connectivity index (χ0) is 14.5. The Labute approximate surface area is 115 Å². The summed E-state index contributed by atoms with van der Waals surface area (Å²) in [5, 5.41) is 6.89. The number of hydrogen-bond donors (Lipinski definition) is 1. The molecule has 110 valence electrons. The molecule has 1 fully saturated rings. The van der Waals surface area contributed by atoms with Gasteiger partial charge in [-0.05, 0) is 32.7 Å². The molecular weight excluding hydrogens is 244 g/mol. The number of piperazine rings is 1. The van der Waals surface area contributed by atoms with E-state index in [-0.39, 0.29) is 12.4 Å². The molecule has 1 amide bonds. The standard InChI is InChI=1S/C13H24N2O.CH2O2/c1-3-5-6-7-8-9-14-10-11-15(4-2)13(16)12-14;2-1-3/h5-6H,3-4,7-12H2,1-2H3;1H,(H,2,3)/b6-5-;. The molecule has 0 spiro atoms. The number of rotatable bonds is 6. The van der Waals surface area contributed by atoms with Crippen molar-refractivity contribution in [1.82, 2.24) is 9.80 Å². The molecule has 1 heterocycles. The number of hydrogen-bond acceptors (Lipinski definition) is 3. The topological polar surface area (TPSA) is 60.9 Å². The van der Waals surface area contributed by atoms with Crippen LogP contribution in [0.5, 0.6) is 0 Å². The molecule has 0 atom stereocenters. The Morgan fingerprint density at radius 2 is 1.95 bits per heavy atom. The highest BCUT2D eigenvalue weighted by Crippen LogP contribution is 2.05. The predicted molar refractivity (Wildman–Crippen MR) is 76.1 cm³/mol. The number of nitrogens with zero attached hydrogens (tertiary/aromatic N) is 2. The third-order valence-electron chi connectivity index (χ3n) is 3.03. The van der Waals surface area contributed by atoms with E-state index >= 15 is 0 Å². The zero-order valence-corrected chi connectivity index (χ0v) is 12.0. The number of carbonyl (C=O) groups excluding carboxylic acids is 1. The first-order chi connectivity index (χ1) is 9.19. The lowest BCUT2D eigenvalue weighted by molar-refractivity contribution is -0.135. The van der Waals surface area contributed by atoms with Gasteiger partial charge in [0.25, 0.3) is 6.47 Å². The van der Waals surface area contributed by atoms with Gasteiger partial charge in [-0.3, -0.25) is 14.5 Å². The van der Waals surface area contributed by atoms with E-state index in [9.17, 15) is 4.79 Å². The van der Waals surface area contributed by atoms with Gasteiger partial charge in [-0.25, -0.2) is 0 Å². The summed E-state index contributed by atoms with van der Waals surface area (Å²) >= 11 is 0. The van der Waals surface area contributed by atoms with Crippen LogP contribution in [0.3, 0.4) is 0 Å². The van der Waals surface area contributed by atoms with Crippen LogP contribution in [0, 0.1) is 0 Å². The van der Waals surface area contributed by atoms with E-state index in [0.717, 1.165) is 45.4 Å². The van der Waals surface area contributed by atoms with Crippen LogP contribution in [-0.4, -0.2) is 60.0 Å². The molecule has 1 aliphatic rings. The van der Waals surface area contributed by atoms with Crippen molar-refractivity contribution < 1.29 is 14.7 Å². The van der Waals surface area contributed by atoms with E-state index in [1.165, 1.54) is 0 Å². The smallest absolute Gasteiger partial charge is 0.290 e. The number of likely N-dealkylation sites (N-methyl/N-ethyl adjacent to an activating group) is 1. The van der Waals surface area contributed by atoms with Crippen LogP contribution in [0.15, 0.2) is 12.2 Å². The van der Waals surface area contributed by atoms with Crippen molar-refractivity contribution >= 4 is 12.4 Å². The van der Waals surface area contributed by atoms with E-state index in [0.29, 0.717) is 6.54 Å². The van der Waals surface area contributed by atoms with Crippen molar-refractivity contribution in [3.63, 3.8) is 0 Å². The molecule has 1 rings (SSSR count).